The number of hydrogen-bond acceptors (Lipinski definition) is 3. The fourth-order valence-corrected chi connectivity index (χ4v) is 1.80. The first-order valence-electron chi connectivity index (χ1n) is 6.56. The molecule has 2 aromatic rings. The van der Waals surface area contributed by atoms with Crippen molar-refractivity contribution in [2.45, 2.75) is 13.0 Å². The molecule has 110 valence electrons. The Balaban J connectivity index is 1.97. The lowest BCUT2D eigenvalue weighted by Crippen LogP contribution is -2.32. The molecule has 2 aromatic carbocycles. The topological polar surface area (TPSA) is 50.4 Å². The highest BCUT2D eigenvalue weighted by Crippen LogP contribution is 2.17. The zero-order chi connectivity index (χ0) is 15.2. The van der Waals surface area contributed by atoms with E-state index >= 15 is 0 Å². The van der Waals surface area contributed by atoms with Gasteiger partial charge < -0.3 is 15.4 Å². The first-order chi connectivity index (χ1) is 10.1. The summed E-state index contributed by atoms with van der Waals surface area (Å²) in [6, 6.07) is 12.7. The minimum atomic E-state index is -0.566. The summed E-state index contributed by atoms with van der Waals surface area (Å²) in [5.41, 5.74) is 0.956. The van der Waals surface area contributed by atoms with Crippen molar-refractivity contribution in [1.82, 2.24) is 0 Å². The Kier molecular flexibility index (Phi) is 4.77. The molecule has 2 N–H and O–H groups in total. The van der Waals surface area contributed by atoms with Crippen LogP contribution in [0.1, 0.15) is 6.92 Å². The van der Waals surface area contributed by atoms with Crippen LogP contribution in [0.2, 0.25) is 0 Å². The van der Waals surface area contributed by atoms with E-state index in [0.717, 1.165) is 0 Å². The van der Waals surface area contributed by atoms with Crippen LogP contribution < -0.4 is 15.4 Å². The summed E-state index contributed by atoms with van der Waals surface area (Å²) in [7, 11) is 1.58. The molecule has 0 aliphatic rings. The summed E-state index contributed by atoms with van der Waals surface area (Å²) in [6.07, 6.45) is 0. The van der Waals surface area contributed by atoms with Gasteiger partial charge in [-0.2, -0.15) is 0 Å². The van der Waals surface area contributed by atoms with E-state index < -0.39 is 6.04 Å². The molecule has 5 heteroatoms. The number of carbonyl (C=O) groups is 1. The molecule has 21 heavy (non-hydrogen) atoms. The van der Waals surface area contributed by atoms with Gasteiger partial charge in [-0.3, -0.25) is 4.79 Å². The van der Waals surface area contributed by atoms with Crippen molar-refractivity contribution in [1.29, 1.82) is 0 Å². The van der Waals surface area contributed by atoms with Gasteiger partial charge in [0.15, 0.2) is 0 Å². The summed E-state index contributed by atoms with van der Waals surface area (Å²) >= 11 is 0. The summed E-state index contributed by atoms with van der Waals surface area (Å²) in [5, 5.41) is 5.59. The molecule has 1 amide bonds. The van der Waals surface area contributed by atoms with E-state index in [0.29, 0.717) is 17.1 Å². The molecule has 0 saturated carbocycles. The van der Waals surface area contributed by atoms with Crippen LogP contribution in [0.4, 0.5) is 15.8 Å². The number of ether oxygens (including phenoxy) is 1. The molecule has 0 aliphatic carbocycles. The average molecular weight is 288 g/mol. The Morgan fingerprint density at radius 3 is 2.43 bits per heavy atom. The Morgan fingerprint density at radius 1 is 1.14 bits per heavy atom. The van der Waals surface area contributed by atoms with Crippen LogP contribution >= 0.6 is 0 Å². The molecule has 2 rings (SSSR count). The molecular formula is C16H17FN2O2. The third-order valence-corrected chi connectivity index (χ3v) is 3.00. The van der Waals surface area contributed by atoms with Crippen molar-refractivity contribution in [2.75, 3.05) is 17.7 Å². The van der Waals surface area contributed by atoms with Crippen LogP contribution in [0.5, 0.6) is 5.75 Å². The summed E-state index contributed by atoms with van der Waals surface area (Å²) in [6.45, 7) is 1.67. The van der Waals surface area contributed by atoms with Crippen LogP contribution in [-0.2, 0) is 4.79 Å². The van der Waals surface area contributed by atoms with Gasteiger partial charge >= 0.3 is 0 Å². The Bertz CT molecular complexity index is 614. The lowest BCUT2D eigenvalue weighted by Gasteiger charge is -2.15. The molecular weight excluding hydrogens is 271 g/mol. The predicted molar refractivity (Wildman–Crippen MR) is 81.1 cm³/mol. The number of hydrogen-bond donors (Lipinski definition) is 2. The van der Waals surface area contributed by atoms with Crippen LogP contribution in [0.25, 0.3) is 0 Å². The summed E-state index contributed by atoms with van der Waals surface area (Å²) < 4.78 is 18.6. The number of carbonyl (C=O) groups excluding carboxylic acids is 1. The second kappa shape index (κ2) is 6.74. The molecule has 0 radical (unpaired) electrons. The van der Waals surface area contributed by atoms with Crippen molar-refractivity contribution in [3.63, 3.8) is 0 Å². The molecule has 0 aliphatic heterocycles. The van der Waals surface area contributed by atoms with E-state index in [1.54, 1.807) is 56.5 Å². The van der Waals surface area contributed by atoms with Crippen LogP contribution in [0.3, 0.4) is 0 Å². The third kappa shape index (κ3) is 3.95. The van der Waals surface area contributed by atoms with Gasteiger partial charge in [-0.05, 0) is 43.3 Å². The number of halogens is 1. The van der Waals surface area contributed by atoms with E-state index in [1.807, 2.05) is 0 Å². The fourth-order valence-electron chi connectivity index (χ4n) is 1.80. The van der Waals surface area contributed by atoms with Gasteiger partial charge in [0.25, 0.3) is 0 Å². The Labute approximate surface area is 122 Å². The minimum absolute atomic E-state index is 0.247. The van der Waals surface area contributed by atoms with Gasteiger partial charge in [0.1, 0.15) is 17.6 Å². The zero-order valence-electron chi connectivity index (χ0n) is 11.9. The number of para-hydroxylation sites is 1. The number of amides is 1. The van der Waals surface area contributed by atoms with Gasteiger partial charge in [0.05, 0.1) is 12.8 Å². The van der Waals surface area contributed by atoms with E-state index in [-0.39, 0.29) is 11.7 Å². The fraction of sp³-hybridized carbons (Fsp3) is 0.188. The van der Waals surface area contributed by atoms with Crippen molar-refractivity contribution in [3.8, 4) is 5.75 Å². The quantitative estimate of drug-likeness (QED) is 0.887. The van der Waals surface area contributed by atoms with Crippen molar-refractivity contribution in [3.05, 3.63) is 54.3 Å². The molecule has 0 bridgehead atoms. The maximum Gasteiger partial charge on any atom is 0.246 e. The van der Waals surface area contributed by atoms with Crippen LogP contribution in [0, 0.1) is 5.82 Å². The van der Waals surface area contributed by atoms with E-state index in [9.17, 15) is 9.18 Å². The van der Waals surface area contributed by atoms with Crippen LogP contribution in [0.15, 0.2) is 48.5 Å². The first kappa shape index (κ1) is 14.8. The minimum Gasteiger partial charge on any atom is -0.497 e. The standard InChI is InChI=1S/C16H17FN2O2/c1-11(18-15-6-4-3-5-14(15)17)16(20)19-12-7-9-13(21-2)10-8-12/h3-11,18H,1-2H3,(H,19,20)/t11-/m0/s1. The maximum atomic E-state index is 13.5. The smallest absolute Gasteiger partial charge is 0.246 e. The van der Waals surface area contributed by atoms with Gasteiger partial charge in [0.2, 0.25) is 5.91 Å². The molecule has 1 atom stereocenters. The third-order valence-electron chi connectivity index (χ3n) is 3.00. The van der Waals surface area contributed by atoms with E-state index in [1.165, 1.54) is 6.07 Å². The molecule has 0 saturated heterocycles. The van der Waals surface area contributed by atoms with Gasteiger partial charge in [0, 0.05) is 5.69 Å². The van der Waals surface area contributed by atoms with E-state index in [2.05, 4.69) is 10.6 Å². The highest BCUT2D eigenvalue weighted by Gasteiger charge is 2.14. The summed E-state index contributed by atoms with van der Waals surface area (Å²) in [4.78, 5) is 12.1. The average Bonchev–Trinajstić information content (AvgIpc) is 2.50. The van der Waals surface area contributed by atoms with Crippen molar-refractivity contribution < 1.29 is 13.9 Å². The monoisotopic (exact) mass is 288 g/mol. The molecule has 4 nitrogen and oxygen atoms in total. The van der Waals surface area contributed by atoms with E-state index in [4.69, 9.17) is 4.74 Å². The van der Waals surface area contributed by atoms with Gasteiger partial charge in [-0.15, -0.1) is 0 Å². The SMILES string of the molecule is COc1ccc(NC(=O)[C@H](C)Nc2ccccc2F)cc1. The molecule has 0 spiro atoms. The number of anilines is 2. The van der Waals surface area contributed by atoms with Gasteiger partial charge in [-0.1, -0.05) is 12.1 Å². The first-order valence-corrected chi connectivity index (χ1v) is 6.56. The normalized spacial score (nSPS) is 11.6. The Hall–Kier alpha value is -2.56. The second-order valence-electron chi connectivity index (χ2n) is 4.56. The van der Waals surface area contributed by atoms with Crippen molar-refractivity contribution in [2.24, 2.45) is 0 Å². The second-order valence-corrected chi connectivity index (χ2v) is 4.56. The largest absolute Gasteiger partial charge is 0.497 e. The Morgan fingerprint density at radius 2 is 1.81 bits per heavy atom. The number of methoxy groups -OCH3 is 1. The zero-order valence-corrected chi connectivity index (χ0v) is 11.9. The molecule has 0 aromatic heterocycles. The summed E-state index contributed by atoms with van der Waals surface area (Å²) in [5.74, 6) is 0.0792. The van der Waals surface area contributed by atoms with Gasteiger partial charge in [-0.25, -0.2) is 4.39 Å². The predicted octanol–water partition coefficient (Wildman–Crippen LogP) is 3.27. The number of benzene rings is 2. The molecule has 0 unspecified atom stereocenters. The molecule has 0 heterocycles. The maximum absolute atomic E-state index is 13.5. The highest BCUT2D eigenvalue weighted by molar-refractivity contribution is 5.96. The number of rotatable bonds is 5. The van der Waals surface area contributed by atoms with Crippen LogP contribution in [-0.4, -0.2) is 19.1 Å². The molecule has 0 fully saturated rings. The number of nitrogens with one attached hydrogen (secondary N) is 2. The highest BCUT2D eigenvalue weighted by atomic mass is 19.1. The van der Waals surface area contributed by atoms with Crippen molar-refractivity contribution >= 4 is 17.3 Å². The lowest BCUT2D eigenvalue weighted by molar-refractivity contribution is -0.116. The lowest BCUT2D eigenvalue weighted by atomic mass is 10.2.